The average Bonchev–Trinajstić information content (AvgIpc) is 2.18. The Morgan fingerprint density at radius 3 is 1.88 bits per heavy atom. The molecule has 0 atom stereocenters. The van der Waals surface area contributed by atoms with Gasteiger partial charge in [0.1, 0.15) is 0 Å². The van der Waals surface area contributed by atoms with Crippen LogP contribution in [0.3, 0.4) is 0 Å². The van der Waals surface area contributed by atoms with E-state index in [1.54, 1.807) is 6.92 Å². The Morgan fingerprint density at radius 1 is 1.29 bits per heavy atom. The Morgan fingerprint density at radius 2 is 1.65 bits per heavy atom. The number of carboxylic acid groups (broad SMARTS) is 1. The first-order valence-electron chi connectivity index (χ1n) is 4.22. The summed E-state index contributed by atoms with van der Waals surface area (Å²) in [5, 5.41) is 17.8. The topological polar surface area (TPSA) is 115 Å². The van der Waals surface area contributed by atoms with Crippen LogP contribution in [-0.4, -0.2) is 30.7 Å². The smallest absolute Gasteiger partial charge is 0.545 e. The predicted octanol–water partition coefficient (Wildman–Crippen LogP) is -3.70. The molecule has 0 spiro atoms. The molecule has 90 valence electrons. The first-order chi connectivity index (χ1) is 7.32. The number of rotatable bonds is 2. The summed E-state index contributed by atoms with van der Waals surface area (Å²) < 4.78 is 29.5. The van der Waals surface area contributed by atoms with Gasteiger partial charge in [-0.15, -0.1) is 0 Å². The molecular weight excluding hydrogens is 259 g/mol. The summed E-state index contributed by atoms with van der Waals surface area (Å²) >= 11 is 0. The van der Waals surface area contributed by atoms with Crippen molar-refractivity contribution in [3.8, 4) is 0 Å². The number of carboxylic acids is 1. The summed E-state index contributed by atoms with van der Waals surface area (Å²) in [7, 11) is -4.26. The molecule has 0 radical (unpaired) electrons. The van der Waals surface area contributed by atoms with Gasteiger partial charge in [0.15, 0.2) is 0 Å². The van der Waals surface area contributed by atoms with Crippen molar-refractivity contribution in [1.82, 2.24) is 0 Å². The Kier molecular flexibility index (Phi) is 9.59. The molecule has 0 saturated heterocycles. The molecule has 0 aliphatic carbocycles. The van der Waals surface area contributed by atoms with Gasteiger partial charge in [0.25, 0.3) is 10.1 Å². The van der Waals surface area contributed by atoms with Gasteiger partial charge in [-0.25, -0.2) is 0 Å². The van der Waals surface area contributed by atoms with E-state index >= 15 is 0 Å². The van der Waals surface area contributed by atoms with Gasteiger partial charge < -0.3 is 15.0 Å². The fourth-order valence-corrected chi connectivity index (χ4v) is 1.24. The predicted molar refractivity (Wildman–Crippen MR) is 53.3 cm³/mol. The molecule has 0 aromatic heterocycles. The van der Waals surface area contributed by atoms with E-state index in [9.17, 15) is 18.3 Å². The SMILES string of the molecule is CCO.O=C([O-])c1ccc(S(=O)(=O)O)cc1.[Na+]. The van der Waals surface area contributed by atoms with Crippen molar-refractivity contribution in [2.45, 2.75) is 11.8 Å². The molecule has 0 aliphatic heterocycles. The second kappa shape index (κ2) is 8.62. The summed E-state index contributed by atoms with van der Waals surface area (Å²) in [5.74, 6) is -1.40. The first-order valence-corrected chi connectivity index (χ1v) is 5.66. The van der Waals surface area contributed by atoms with E-state index in [1.807, 2.05) is 0 Å². The largest absolute Gasteiger partial charge is 1.00 e. The van der Waals surface area contributed by atoms with Crippen LogP contribution in [0.1, 0.15) is 17.3 Å². The summed E-state index contributed by atoms with van der Waals surface area (Å²) in [6, 6.07) is 4.05. The minimum absolute atomic E-state index is 0. The third-order valence-electron chi connectivity index (χ3n) is 1.39. The maximum atomic E-state index is 10.5. The van der Waals surface area contributed by atoms with E-state index in [4.69, 9.17) is 9.66 Å². The van der Waals surface area contributed by atoms with Gasteiger partial charge in [-0.3, -0.25) is 4.55 Å². The zero-order chi connectivity index (χ0) is 12.8. The number of aliphatic hydroxyl groups is 1. The van der Waals surface area contributed by atoms with Crippen LogP contribution in [0.5, 0.6) is 0 Å². The molecule has 0 saturated carbocycles. The van der Waals surface area contributed by atoms with Crippen molar-refractivity contribution in [1.29, 1.82) is 0 Å². The molecule has 0 heterocycles. The number of hydrogen-bond acceptors (Lipinski definition) is 5. The molecule has 0 bridgehead atoms. The van der Waals surface area contributed by atoms with Gasteiger partial charge in [-0.05, 0) is 24.6 Å². The van der Waals surface area contributed by atoms with E-state index in [0.717, 1.165) is 24.3 Å². The van der Waals surface area contributed by atoms with Gasteiger partial charge in [0.05, 0.1) is 10.9 Å². The molecular formula is C9H11NaO6S. The second-order valence-electron chi connectivity index (χ2n) is 2.60. The van der Waals surface area contributed by atoms with Crippen molar-refractivity contribution in [2.75, 3.05) is 6.61 Å². The molecule has 1 rings (SSSR count). The maximum Gasteiger partial charge on any atom is 1.00 e. The van der Waals surface area contributed by atoms with Gasteiger partial charge in [0, 0.05) is 6.61 Å². The van der Waals surface area contributed by atoms with Crippen molar-refractivity contribution < 1.29 is 57.5 Å². The maximum absolute atomic E-state index is 10.5. The second-order valence-corrected chi connectivity index (χ2v) is 4.02. The third kappa shape index (κ3) is 7.48. The summed E-state index contributed by atoms with van der Waals surface area (Å²) in [6.07, 6.45) is 0. The minimum atomic E-state index is -4.26. The van der Waals surface area contributed by atoms with Crippen LogP contribution in [-0.2, 0) is 10.1 Å². The number of aliphatic hydroxyl groups excluding tert-OH is 1. The van der Waals surface area contributed by atoms with Crippen molar-refractivity contribution in [3.05, 3.63) is 29.8 Å². The fraction of sp³-hybridized carbons (Fsp3) is 0.222. The zero-order valence-electron chi connectivity index (χ0n) is 9.45. The first kappa shape index (κ1) is 18.9. The van der Waals surface area contributed by atoms with E-state index in [0.29, 0.717) is 0 Å². The Hall–Kier alpha value is -0.440. The monoisotopic (exact) mass is 270 g/mol. The number of carbonyl (C=O) groups excluding carboxylic acids is 1. The molecule has 17 heavy (non-hydrogen) atoms. The molecule has 0 fully saturated rings. The molecule has 8 heteroatoms. The van der Waals surface area contributed by atoms with Crippen molar-refractivity contribution >= 4 is 16.1 Å². The van der Waals surface area contributed by atoms with Gasteiger partial charge in [-0.1, -0.05) is 12.1 Å². The van der Waals surface area contributed by atoms with Crippen LogP contribution in [0.2, 0.25) is 0 Å². The van der Waals surface area contributed by atoms with Crippen molar-refractivity contribution in [3.63, 3.8) is 0 Å². The van der Waals surface area contributed by atoms with Gasteiger partial charge in [-0.2, -0.15) is 8.42 Å². The normalized spacial score (nSPS) is 9.59. The molecule has 2 N–H and O–H groups in total. The summed E-state index contributed by atoms with van der Waals surface area (Å²) in [4.78, 5) is 9.89. The number of hydrogen-bond donors (Lipinski definition) is 2. The molecule has 1 aromatic carbocycles. The third-order valence-corrected chi connectivity index (χ3v) is 2.26. The molecule has 6 nitrogen and oxygen atoms in total. The molecule has 0 unspecified atom stereocenters. The standard InChI is InChI=1S/C7H6O5S.C2H6O.Na/c8-7(9)5-1-3-6(4-2-5)13(10,11)12;1-2-3;/h1-4H,(H,8,9)(H,10,11,12);3H,2H2,1H3;/q;;+1/p-1. The number of benzene rings is 1. The van der Waals surface area contributed by atoms with E-state index < -0.39 is 16.1 Å². The van der Waals surface area contributed by atoms with Crippen molar-refractivity contribution in [2.24, 2.45) is 0 Å². The van der Waals surface area contributed by atoms with E-state index in [2.05, 4.69) is 0 Å². The summed E-state index contributed by atoms with van der Waals surface area (Å²) in [6.45, 7) is 1.93. The Balaban J connectivity index is 0. The van der Waals surface area contributed by atoms with Crippen LogP contribution in [0.4, 0.5) is 0 Å². The minimum Gasteiger partial charge on any atom is -0.545 e. The van der Waals surface area contributed by atoms with Crippen LogP contribution >= 0.6 is 0 Å². The quantitative estimate of drug-likeness (QED) is 0.422. The number of aromatic carboxylic acids is 1. The average molecular weight is 270 g/mol. The summed E-state index contributed by atoms with van der Waals surface area (Å²) in [5.41, 5.74) is -0.146. The van der Waals surface area contributed by atoms with Crippen LogP contribution in [0.25, 0.3) is 0 Å². The van der Waals surface area contributed by atoms with Crippen LogP contribution in [0.15, 0.2) is 29.2 Å². The van der Waals surface area contributed by atoms with Gasteiger partial charge in [0.2, 0.25) is 0 Å². The molecule has 0 amide bonds. The zero-order valence-corrected chi connectivity index (χ0v) is 12.3. The van der Waals surface area contributed by atoms with E-state index in [1.165, 1.54) is 0 Å². The van der Waals surface area contributed by atoms with Crippen LogP contribution in [0, 0.1) is 0 Å². The molecule has 1 aromatic rings. The van der Waals surface area contributed by atoms with Gasteiger partial charge >= 0.3 is 29.6 Å². The van der Waals surface area contributed by atoms with E-state index in [-0.39, 0.29) is 46.6 Å². The fourth-order valence-electron chi connectivity index (χ4n) is 0.763. The Bertz CT molecular complexity index is 439. The Labute approximate surface area is 121 Å². The molecule has 0 aliphatic rings. The van der Waals surface area contributed by atoms with Crippen LogP contribution < -0.4 is 34.7 Å². The number of carbonyl (C=O) groups is 1.